The fraction of sp³-hybridized carbons (Fsp3) is 0.286. The molecule has 1 nitrogen and oxygen atoms in total. The Morgan fingerprint density at radius 1 is 1.36 bits per heavy atom. The van der Waals surface area contributed by atoms with E-state index >= 15 is 0 Å². The molecule has 0 aliphatic heterocycles. The van der Waals surface area contributed by atoms with Crippen LogP contribution in [0.25, 0.3) is 0 Å². The summed E-state index contributed by atoms with van der Waals surface area (Å²) in [5.74, 6) is 0. The molecule has 1 rings (SSSR count). The van der Waals surface area contributed by atoms with Gasteiger partial charge in [-0.3, -0.25) is 4.98 Å². The zero-order valence-electron chi connectivity index (χ0n) is 5.74. The van der Waals surface area contributed by atoms with Crippen LogP contribution in [0.2, 0.25) is 0 Å². The highest BCUT2D eigenvalue weighted by Crippen LogP contribution is 2.28. The van der Waals surface area contributed by atoms with Crippen LogP contribution in [0.4, 0.5) is 13.2 Å². The quantitative estimate of drug-likeness (QED) is 0.567. The summed E-state index contributed by atoms with van der Waals surface area (Å²) in [6, 6.07) is 2.16. The van der Waals surface area contributed by atoms with Gasteiger partial charge in [0.15, 0.2) is 0 Å². The molecule has 1 aromatic heterocycles. The molecule has 0 spiro atoms. The fourth-order valence-electron chi connectivity index (χ4n) is 0.645. The molecule has 0 unspecified atom stereocenters. The summed E-state index contributed by atoms with van der Waals surface area (Å²) < 4.78 is 35.7. The molecule has 11 heavy (non-hydrogen) atoms. The van der Waals surface area contributed by atoms with Crippen molar-refractivity contribution in [3.8, 4) is 0 Å². The zero-order valence-corrected chi connectivity index (χ0v) is 5.74. The van der Waals surface area contributed by atoms with Gasteiger partial charge in [0.05, 0.1) is 5.56 Å². The van der Waals surface area contributed by atoms with Crippen LogP contribution in [0.1, 0.15) is 11.1 Å². The third kappa shape index (κ3) is 1.93. The molecule has 0 saturated heterocycles. The van der Waals surface area contributed by atoms with Crippen LogP contribution in [0.5, 0.6) is 0 Å². The molecule has 59 valence electrons. The van der Waals surface area contributed by atoms with Gasteiger partial charge >= 0.3 is 6.18 Å². The second kappa shape index (κ2) is 2.53. The molecule has 0 atom stereocenters. The number of hydrogen-bond acceptors (Lipinski definition) is 1. The van der Waals surface area contributed by atoms with E-state index in [4.69, 9.17) is 0 Å². The Morgan fingerprint density at radius 2 is 2.00 bits per heavy atom. The van der Waals surface area contributed by atoms with Crippen LogP contribution >= 0.6 is 0 Å². The molecule has 0 amide bonds. The van der Waals surface area contributed by atoms with Gasteiger partial charge < -0.3 is 0 Å². The summed E-state index contributed by atoms with van der Waals surface area (Å²) >= 11 is 0. The van der Waals surface area contributed by atoms with E-state index in [1.807, 2.05) is 0 Å². The minimum atomic E-state index is -4.33. The minimum absolute atomic E-state index is 0.389. The Morgan fingerprint density at radius 3 is 2.36 bits per heavy atom. The standard InChI is InChI=1S/C7H5F3N/c1-5-2-6(4-11-3-5)7(8,9)10/h3-4H,1H3. The second-order valence-electron chi connectivity index (χ2n) is 2.13. The van der Waals surface area contributed by atoms with Gasteiger partial charge in [0.25, 0.3) is 0 Å². The van der Waals surface area contributed by atoms with Gasteiger partial charge in [-0.2, -0.15) is 13.2 Å². The number of halogens is 3. The van der Waals surface area contributed by atoms with Gasteiger partial charge in [-0.15, -0.1) is 0 Å². The maximum atomic E-state index is 11.9. The Labute approximate surface area is 61.9 Å². The highest BCUT2D eigenvalue weighted by molar-refractivity contribution is 5.17. The third-order valence-electron chi connectivity index (χ3n) is 1.11. The van der Waals surface area contributed by atoms with Crippen molar-refractivity contribution >= 4 is 0 Å². The second-order valence-corrected chi connectivity index (χ2v) is 2.13. The molecule has 1 heterocycles. The molecular formula is C7H5F3N. The molecular weight excluding hydrogens is 155 g/mol. The highest BCUT2D eigenvalue weighted by Gasteiger charge is 2.30. The number of aromatic nitrogens is 1. The fourth-order valence-corrected chi connectivity index (χ4v) is 0.645. The molecule has 1 aromatic rings. The molecule has 0 aliphatic carbocycles. The monoisotopic (exact) mass is 160 g/mol. The van der Waals surface area contributed by atoms with E-state index in [-0.39, 0.29) is 0 Å². The smallest absolute Gasteiger partial charge is 0.264 e. The summed E-state index contributed by atoms with van der Waals surface area (Å²) in [5, 5.41) is 0. The molecule has 0 saturated carbocycles. The maximum absolute atomic E-state index is 11.9. The average molecular weight is 160 g/mol. The predicted octanol–water partition coefficient (Wildman–Crippen LogP) is 2.21. The van der Waals surface area contributed by atoms with Gasteiger partial charge in [0, 0.05) is 18.5 Å². The molecule has 0 bridgehead atoms. The molecule has 0 fully saturated rings. The topological polar surface area (TPSA) is 12.9 Å². The molecule has 4 heteroatoms. The summed E-state index contributed by atoms with van der Waals surface area (Å²) in [4.78, 5) is 3.40. The van der Waals surface area contributed by atoms with Crippen molar-refractivity contribution in [3.05, 3.63) is 29.6 Å². The van der Waals surface area contributed by atoms with E-state index in [2.05, 4.69) is 11.1 Å². The maximum Gasteiger partial charge on any atom is 0.418 e. The Kier molecular flexibility index (Phi) is 1.85. The lowest BCUT2D eigenvalue weighted by Crippen LogP contribution is -2.05. The average Bonchev–Trinajstić information content (AvgIpc) is 1.86. The number of rotatable bonds is 0. The highest BCUT2D eigenvalue weighted by atomic mass is 19.4. The number of aryl methyl sites for hydroxylation is 1. The van der Waals surface area contributed by atoms with Crippen LogP contribution in [0.15, 0.2) is 12.4 Å². The van der Waals surface area contributed by atoms with E-state index < -0.39 is 11.7 Å². The SMILES string of the molecule is Cc1[c]c(C(F)(F)F)cnc1. The molecule has 0 N–H and O–H groups in total. The first-order valence-corrected chi connectivity index (χ1v) is 2.91. The van der Waals surface area contributed by atoms with Gasteiger partial charge in [0.2, 0.25) is 0 Å². The summed E-state index contributed by atoms with van der Waals surface area (Å²) in [6.45, 7) is 1.52. The van der Waals surface area contributed by atoms with E-state index in [9.17, 15) is 13.2 Å². The van der Waals surface area contributed by atoms with Gasteiger partial charge in [-0.05, 0) is 12.5 Å². The van der Waals surface area contributed by atoms with Crippen molar-refractivity contribution < 1.29 is 13.2 Å². The van der Waals surface area contributed by atoms with E-state index in [0.717, 1.165) is 6.20 Å². The van der Waals surface area contributed by atoms with E-state index in [1.54, 1.807) is 0 Å². The Hall–Kier alpha value is -1.06. The van der Waals surface area contributed by atoms with Crippen molar-refractivity contribution in [2.45, 2.75) is 13.1 Å². The normalized spacial score (nSPS) is 11.6. The summed E-state index contributed by atoms with van der Waals surface area (Å²) in [7, 11) is 0. The van der Waals surface area contributed by atoms with Crippen molar-refractivity contribution in [2.75, 3.05) is 0 Å². The summed E-state index contributed by atoms with van der Waals surface area (Å²) in [6.07, 6.45) is -2.25. The van der Waals surface area contributed by atoms with Gasteiger partial charge in [-0.25, -0.2) is 0 Å². The largest absolute Gasteiger partial charge is 0.418 e. The third-order valence-corrected chi connectivity index (χ3v) is 1.11. The Balaban J connectivity index is 3.06. The minimum Gasteiger partial charge on any atom is -0.264 e. The zero-order chi connectivity index (χ0) is 8.48. The van der Waals surface area contributed by atoms with Gasteiger partial charge in [0.1, 0.15) is 0 Å². The first-order chi connectivity index (χ1) is 5.00. The lowest BCUT2D eigenvalue weighted by Gasteiger charge is -2.04. The molecule has 0 aliphatic rings. The van der Waals surface area contributed by atoms with Crippen molar-refractivity contribution in [1.82, 2.24) is 4.98 Å². The lowest BCUT2D eigenvalue weighted by molar-refractivity contribution is -0.138. The molecule has 0 aromatic carbocycles. The van der Waals surface area contributed by atoms with Crippen LogP contribution in [-0.2, 0) is 6.18 Å². The summed E-state index contributed by atoms with van der Waals surface area (Å²) in [5.41, 5.74) is -0.433. The van der Waals surface area contributed by atoms with Crippen LogP contribution in [-0.4, -0.2) is 4.98 Å². The number of alkyl halides is 3. The van der Waals surface area contributed by atoms with Crippen molar-refractivity contribution in [2.24, 2.45) is 0 Å². The van der Waals surface area contributed by atoms with Crippen molar-refractivity contribution in [3.63, 3.8) is 0 Å². The molecule has 1 radical (unpaired) electrons. The first-order valence-electron chi connectivity index (χ1n) is 2.91. The lowest BCUT2D eigenvalue weighted by atomic mass is 10.2. The number of nitrogens with zero attached hydrogens (tertiary/aromatic N) is 1. The Bertz CT molecular complexity index is 254. The van der Waals surface area contributed by atoms with E-state index in [0.29, 0.717) is 5.56 Å². The predicted molar refractivity (Wildman–Crippen MR) is 32.8 cm³/mol. The van der Waals surface area contributed by atoms with Crippen molar-refractivity contribution in [1.29, 1.82) is 0 Å². The number of hydrogen-bond donors (Lipinski definition) is 0. The van der Waals surface area contributed by atoms with Crippen LogP contribution in [0.3, 0.4) is 0 Å². The number of pyridine rings is 1. The van der Waals surface area contributed by atoms with E-state index in [1.165, 1.54) is 13.1 Å². The van der Waals surface area contributed by atoms with Gasteiger partial charge in [-0.1, -0.05) is 0 Å². The first kappa shape index (κ1) is 8.04. The van der Waals surface area contributed by atoms with Crippen LogP contribution < -0.4 is 0 Å². The van der Waals surface area contributed by atoms with Crippen LogP contribution in [0, 0.1) is 13.0 Å².